The van der Waals surface area contributed by atoms with Crippen molar-refractivity contribution in [1.29, 1.82) is 0 Å². The number of amides is 2. The van der Waals surface area contributed by atoms with Gasteiger partial charge >= 0.3 is 0 Å². The first-order valence-corrected chi connectivity index (χ1v) is 8.71. The second-order valence-corrected chi connectivity index (χ2v) is 5.96. The molecule has 7 nitrogen and oxygen atoms in total. The molecule has 1 aromatic carbocycles. The van der Waals surface area contributed by atoms with Crippen molar-refractivity contribution in [3.8, 4) is 5.75 Å². The van der Waals surface area contributed by atoms with Gasteiger partial charge in [-0.05, 0) is 42.0 Å². The van der Waals surface area contributed by atoms with Gasteiger partial charge in [-0.15, -0.1) is 0 Å². The highest BCUT2D eigenvalue weighted by Gasteiger charge is 2.12. The molecule has 0 aliphatic carbocycles. The molecule has 2 amide bonds. The fourth-order valence-electron chi connectivity index (χ4n) is 2.49. The molecule has 0 radical (unpaired) electrons. The number of carbonyl (C=O) groups is 2. The maximum atomic E-state index is 12.4. The van der Waals surface area contributed by atoms with Crippen LogP contribution in [0.3, 0.4) is 0 Å². The number of hydrogen-bond acceptors (Lipinski definition) is 5. The Labute approximate surface area is 162 Å². The highest BCUT2D eigenvalue weighted by atomic mass is 16.5. The maximum Gasteiger partial charge on any atom is 0.270 e. The molecule has 0 aliphatic rings. The Hall–Kier alpha value is -3.74. The lowest BCUT2D eigenvalue weighted by Crippen LogP contribution is -2.26. The number of ether oxygens (including phenoxy) is 1. The number of pyridine rings is 2. The summed E-state index contributed by atoms with van der Waals surface area (Å²) in [6.07, 6.45) is 3.11. The fraction of sp³-hybridized carbons (Fsp3) is 0.143. The van der Waals surface area contributed by atoms with E-state index >= 15 is 0 Å². The highest BCUT2D eigenvalue weighted by Crippen LogP contribution is 2.11. The fourth-order valence-corrected chi connectivity index (χ4v) is 2.49. The van der Waals surface area contributed by atoms with Gasteiger partial charge in [0, 0.05) is 24.5 Å². The predicted octanol–water partition coefficient (Wildman–Crippen LogP) is 2.35. The van der Waals surface area contributed by atoms with Gasteiger partial charge in [0.2, 0.25) is 0 Å². The van der Waals surface area contributed by atoms with Crippen LogP contribution < -0.4 is 15.4 Å². The smallest absolute Gasteiger partial charge is 0.270 e. The lowest BCUT2D eigenvalue weighted by Gasteiger charge is -2.08. The Morgan fingerprint density at radius 2 is 1.68 bits per heavy atom. The minimum atomic E-state index is -0.352. The van der Waals surface area contributed by atoms with E-state index in [-0.39, 0.29) is 17.5 Å². The first-order chi connectivity index (χ1) is 13.7. The molecule has 7 heteroatoms. The van der Waals surface area contributed by atoms with Crippen LogP contribution in [0.2, 0.25) is 0 Å². The number of aromatic nitrogens is 2. The molecule has 0 saturated heterocycles. The summed E-state index contributed by atoms with van der Waals surface area (Å²) in [5, 5.41) is 5.57. The Kier molecular flexibility index (Phi) is 6.30. The van der Waals surface area contributed by atoms with Crippen molar-refractivity contribution in [3.63, 3.8) is 0 Å². The molecule has 3 rings (SSSR count). The van der Waals surface area contributed by atoms with Crippen LogP contribution in [0.25, 0.3) is 0 Å². The van der Waals surface area contributed by atoms with Crippen LogP contribution in [0.1, 0.15) is 32.1 Å². The summed E-state index contributed by atoms with van der Waals surface area (Å²) in [7, 11) is 1.60. The van der Waals surface area contributed by atoms with Crippen molar-refractivity contribution in [2.75, 3.05) is 7.11 Å². The van der Waals surface area contributed by atoms with E-state index in [0.717, 1.165) is 17.0 Å². The second kappa shape index (κ2) is 9.27. The van der Waals surface area contributed by atoms with Gasteiger partial charge < -0.3 is 15.4 Å². The van der Waals surface area contributed by atoms with Crippen LogP contribution in [0.15, 0.2) is 67.0 Å². The number of hydrogen-bond donors (Lipinski definition) is 2. The van der Waals surface area contributed by atoms with E-state index in [4.69, 9.17) is 4.74 Å². The van der Waals surface area contributed by atoms with E-state index in [1.165, 1.54) is 12.3 Å². The third kappa shape index (κ3) is 5.14. The lowest BCUT2D eigenvalue weighted by atomic mass is 10.2. The van der Waals surface area contributed by atoms with Crippen LogP contribution in [-0.2, 0) is 13.1 Å². The van der Waals surface area contributed by atoms with Crippen molar-refractivity contribution in [3.05, 3.63) is 89.5 Å². The largest absolute Gasteiger partial charge is 0.497 e. The molecular weight excluding hydrogens is 356 g/mol. The molecule has 0 aliphatic heterocycles. The minimum Gasteiger partial charge on any atom is -0.497 e. The van der Waals surface area contributed by atoms with Crippen LogP contribution >= 0.6 is 0 Å². The summed E-state index contributed by atoms with van der Waals surface area (Å²) in [5.74, 6) is 0.105. The first-order valence-electron chi connectivity index (χ1n) is 8.71. The molecule has 0 spiro atoms. The van der Waals surface area contributed by atoms with Gasteiger partial charge in [-0.2, -0.15) is 0 Å². The van der Waals surface area contributed by atoms with E-state index in [2.05, 4.69) is 20.6 Å². The highest BCUT2D eigenvalue weighted by molar-refractivity contribution is 5.98. The summed E-state index contributed by atoms with van der Waals surface area (Å²) >= 11 is 0. The minimum absolute atomic E-state index is 0.180. The molecule has 28 heavy (non-hydrogen) atoms. The first kappa shape index (κ1) is 19.0. The zero-order valence-corrected chi connectivity index (χ0v) is 15.4. The normalized spacial score (nSPS) is 10.2. The Morgan fingerprint density at radius 3 is 2.39 bits per heavy atom. The maximum absolute atomic E-state index is 12.4. The lowest BCUT2D eigenvalue weighted by molar-refractivity contribution is 0.0946. The summed E-state index contributed by atoms with van der Waals surface area (Å²) in [6, 6.07) is 15.9. The van der Waals surface area contributed by atoms with Crippen molar-refractivity contribution in [2.45, 2.75) is 13.1 Å². The molecule has 2 N–H and O–H groups in total. The van der Waals surface area contributed by atoms with Crippen LogP contribution in [-0.4, -0.2) is 28.9 Å². The monoisotopic (exact) mass is 376 g/mol. The zero-order chi connectivity index (χ0) is 19.8. The van der Waals surface area contributed by atoms with Crippen molar-refractivity contribution >= 4 is 11.8 Å². The summed E-state index contributed by atoms with van der Waals surface area (Å²) in [6.45, 7) is 0.654. The van der Waals surface area contributed by atoms with Crippen molar-refractivity contribution in [1.82, 2.24) is 20.6 Å². The molecule has 0 saturated carbocycles. The SMILES string of the molecule is COc1ccc(CNC(=O)c2cc(C(=O)NCc3ccccn3)ccn2)cc1. The Bertz CT molecular complexity index is 943. The summed E-state index contributed by atoms with van der Waals surface area (Å²) in [4.78, 5) is 32.9. The summed E-state index contributed by atoms with van der Waals surface area (Å²) in [5.41, 5.74) is 2.22. The molecule has 0 bridgehead atoms. The number of carbonyl (C=O) groups excluding carboxylic acids is 2. The molecule has 3 aromatic rings. The molecule has 0 atom stereocenters. The van der Waals surface area contributed by atoms with E-state index < -0.39 is 0 Å². The van der Waals surface area contributed by atoms with Gasteiger partial charge in [-0.3, -0.25) is 19.6 Å². The van der Waals surface area contributed by atoms with Gasteiger partial charge in [0.25, 0.3) is 11.8 Å². The Morgan fingerprint density at radius 1 is 0.893 bits per heavy atom. The third-order valence-corrected chi connectivity index (χ3v) is 4.02. The van der Waals surface area contributed by atoms with Crippen LogP contribution in [0, 0.1) is 0 Å². The number of methoxy groups -OCH3 is 1. The average Bonchev–Trinajstić information content (AvgIpc) is 2.77. The second-order valence-electron chi connectivity index (χ2n) is 5.96. The van der Waals surface area contributed by atoms with Gasteiger partial charge in [0.1, 0.15) is 11.4 Å². The molecular formula is C21H20N4O3. The van der Waals surface area contributed by atoms with E-state index in [9.17, 15) is 9.59 Å². The molecule has 2 aromatic heterocycles. The quantitative estimate of drug-likeness (QED) is 0.660. The topological polar surface area (TPSA) is 93.2 Å². The molecule has 2 heterocycles. The number of benzene rings is 1. The van der Waals surface area contributed by atoms with E-state index in [0.29, 0.717) is 18.7 Å². The van der Waals surface area contributed by atoms with Crippen LogP contribution in [0.5, 0.6) is 5.75 Å². The van der Waals surface area contributed by atoms with Crippen molar-refractivity contribution < 1.29 is 14.3 Å². The van der Waals surface area contributed by atoms with E-state index in [1.807, 2.05) is 42.5 Å². The van der Waals surface area contributed by atoms with Gasteiger partial charge in [0.05, 0.1) is 19.3 Å². The predicted molar refractivity (Wildman–Crippen MR) is 104 cm³/mol. The zero-order valence-electron chi connectivity index (χ0n) is 15.4. The van der Waals surface area contributed by atoms with Gasteiger partial charge in [-0.25, -0.2) is 0 Å². The van der Waals surface area contributed by atoms with E-state index in [1.54, 1.807) is 19.4 Å². The third-order valence-electron chi connectivity index (χ3n) is 4.02. The average molecular weight is 376 g/mol. The molecule has 142 valence electrons. The van der Waals surface area contributed by atoms with Gasteiger partial charge in [0.15, 0.2) is 0 Å². The standard InChI is InChI=1S/C21H20N4O3/c1-28-18-7-5-15(6-8-18)13-24-21(27)19-12-16(9-11-23-19)20(26)25-14-17-4-2-3-10-22-17/h2-12H,13-14H2,1H3,(H,24,27)(H,25,26). The van der Waals surface area contributed by atoms with Crippen molar-refractivity contribution in [2.24, 2.45) is 0 Å². The molecule has 0 fully saturated rings. The van der Waals surface area contributed by atoms with Gasteiger partial charge in [-0.1, -0.05) is 18.2 Å². The molecule has 0 unspecified atom stereocenters. The van der Waals surface area contributed by atoms with Crippen LogP contribution in [0.4, 0.5) is 0 Å². The number of nitrogens with zero attached hydrogens (tertiary/aromatic N) is 2. The number of rotatable bonds is 7. The summed E-state index contributed by atoms with van der Waals surface area (Å²) < 4.78 is 5.11. The Balaban J connectivity index is 1.58. The number of nitrogens with one attached hydrogen (secondary N) is 2.